The van der Waals surface area contributed by atoms with Crippen molar-refractivity contribution in [1.82, 2.24) is 14.9 Å². The van der Waals surface area contributed by atoms with Crippen LogP contribution in [0.3, 0.4) is 0 Å². The van der Waals surface area contributed by atoms with Gasteiger partial charge in [0.2, 0.25) is 5.91 Å². The van der Waals surface area contributed by atoms with Crippen molar-refractivity contribution in [2.45, 2.75) is 83.6 Å². The van der Waals surface area contributed by atoms with E-state index >= 15 is 0 Å². The number of aryl methyl sites for hydroxylation is 2. The normalized spacial score (nSPS) is 26.9. The summed E-state index contributed by atoms with van der Waals surface area (Å²) in [6, 6.07) is 0.450. The number of nitrogens with zero attached hydrogens (tertiary/aromatic N) is 2. The highest BCUT2D eigenvalue weighted by Gasteiger charge is 2.35. The monoisotopic (exact) mass is 413 g/mol. The second-order valence-corrected chi connectivity index (χ2v) is 10.5. The predicted molar refractivity (Wildman–Crippen MR) is 116 cm³/mol. The summed E-state index contributed by atoms with van der Waals surface area (Å²) in [6.45, 7) is 3.18. The van der Waals surface area contributed by atoms with E-state index in [2.05, 4.69) is 16.8 Å². The van der Waals surface area contributed by atoms with E-state index in [0.29, 0.717) is 36.5 Å². The molecule has 3 aliphatic rings. The Labute approximate surface area is 175 Å². The molecule has 0 radical (unpaired) electrons. The molecular weight excluding hydrogens is 382 g/mol. The fourth-order valence-electron chi connectivity index (χ4n) is 5.82. The van der Waals surface area contributed by atoms with Gasteiger partial charge >= 0.3 is 0 Å². The largest absolute Gasteiger partial charge is 0.339 e. The second-order valence-electron chi connectivity index (χ2n) is 9.39. The standard InChI is InChI=1S/C23H31N3O2S/c1-14-8-9-16-18(13-14)29-23-21(16)22(28)24-19(25-23)10-11-20(27)26-12-4-6-15-5-2-3-7-17(15)26/h14-15,17H,2-13H2,1H3,(H,24,25,28)/t14-,15-,17+/m1/s1. The lowest BCUT2D eigenvalue weighted by molar-refractivity contribution is -0.137. The lowest BCUT2D eigenvalue weighted by atomic mass is 9.78. The summed E-state index contributed by atoms with van der Waals surface area (Å²) in [5, 5.41) is 0.799. The van der Waals surface area contributed by atoms with E-state index in [1.54, 1.807) is 11.3 Å². The third-order valence-corrected chi connectivity index (χ3v) is 8.50. The molecule has 0 spiro atoms. The summed E-state index contributed by atoms with van der Waals surface area (Å²) in [6.07, 6.45) is 11.6. The van der Waals surface area contributed by atoms with Crippen LogP contribution in [-0.4, -0.2) is 33.4 Å². The fourth-order valence-corrected chi connectivity index (χ4v) is 7.22. The van der Waals surface area contributed by atoms with Gasteiger partial charge in [0.25, 0.3) is 5.56 Å². The number of fused-ring (bicyclic) bond motifs is 4. The van der Waals surface area contributed by atoms with Gasteiger partial charge in [-0.25, -0.2) is 4.98 Å². The molecule has 1 N–H and O–H groups in total. The van der Waals surface area contributed by atoms with E-state index in [0.717, 1.165) is 48.9 Å². The molecule has 5 nitrogen and oxygen atoms in total. The number of carbonyl (C=O) groups excluding carboxylic acids is 1. The summed E-state index contributed by atoms with van der Waals surface area (Å²) in [7, 11) is 0. The third-order valence-electron chi connectivity index (χ3n) is 7.35. The first-order chi connectivity index (χ1) is 14.1. The highest BCUT2D eigenvalue weighted by molar-refractivity contribution is 7.18. The molecule has 0 bridgehead atoms. The van der Waals surface area contributed by atoms with E-state index in [1.807, 2.05) is 0 Å². The molecule has 29 heavy (non-hydrogen) atoms. The summed E-state index contributed by atoms with van der Waals surface area (Å²) in [5.74, 6) is 2.29. The Morgan fingerprint density at radius 3 is 2.93 bits per heavy atom. The summed E-state index contributed by atoms with van der Waals surface area (Å²) < 4.78 is 0. The lowest BCUT2D eigenvalue weighted by Gasteiger charge is -2.44. The zero-order chi connectivity index (χ0) is 20.0. The molecule has 2 aliphatic carbocycles. The van der Waals surface area contributed by atoms with E-state index in [9.17, 15) is 9.59 Å². The first-order valence-electron chi connectivity index (χ1n) is 11.4. The van der Waals surface area contributed by atoms with E-state index in [-0.39, 0.29) is 11.5 Å². The highest BCUT2D eigenvalue weighted by atomic mass is 32.1. The first-order valence-corrected chi connectivity index (χ1v) is 12.2. The van der Waals surface area contributed by atoms with Crippen LogP contribution in [-0.2, 0) is 24.1 Å². The van der Waals surface area contributed by atoms with Crippen LogP contribution in [0.4, 0.5) is 0 Å². The number of thiophene rings is 1. The fraction of sp³-hybridized carbons (Fsp3) is 0.696. The Morgan fingerprint density at radius 2 is 2.03 bits per heavy atom. The van der Waals surface area contributed by atoms with Crippen LogP contribution >= 0.6 is 11.3 Å². The van der Waals surface area contributed by atoms with Crippen LogP contribution in [0.5, 0.6) is 0 Å². The van der Waals surface area contributed by atoms with Gasteiger partial charge in [-0.2, -0.15) is 0 Å². The zero-order valence-electron chi connectivity index (χ0n) is 17.3. The molecule has 1 saturated heterocycles. The van der Waals surface area contributed by atoms with Crippen molar-refractivity contribution in [3.8, 4) is 0 Å². The number of nitrogens with one attached hydrogen (secondary N) is 1. The van der Waals surface area contributed by atoms with Crippen molar-refractivity contribution >= 4 is 27.5 Å². The van der Waals surface area contributed by atoms with Gasteiger partial charge in [0, 0.05) is 30.3 Å². The maximum absolute atomic E-state index is 13.0. The molecule has 2 aromatic rings. The Kier molecular flexibility index (Phi) is 5.23. The van der Waals surface area contributed by atoms with Crippen LogP contribution in [0, 0.1) is 11.8 Å². The van der Waals surface area contributed by atoms with Gasteiger partial charge in [-0.15, -0.1) is 11.3 Å². The summed E-state index contributed by atoms with van der Waals surface area (Å²) in [5.41, 5.74) is 1.20. The molecule has 1 amide bonds. The molecule has 0 unspecified atom stereocenters. The van der Waals surface area contributed by atoms with Crippen molar-refractivity contribution in [2.24, 2.45) is 11.8 Å². The van der Waals surface area contributed by atoms with E-state index in [4.69, 9.17) is 4.98 Å². The summed E-state index contributed by atoms with van der Waals surface area (Å²) >= 11 is 1.68. The number of likely N-dealkylation sites (tertiary alicyclic amines) is 1. The molecule has 5 rings (SSSR count). The maximum Gasteiger partial charge on any atom is 0.259 e. The molecule has 2 aromatic heterocycles. The number of piperidine rings is 1. The Morgan fingerprint density at radius 1 is 1.21 bits per heavy atom. The van der Waals surface area contributed by atoms with Crippen LogP contribution in [0.2, 0.25) is 0 Å². The van der Waals surface area contributed by atoms with Crippen LogP contribution in [0.15, 0.2) is 4.79 Å². The molecule has 1 aliphatic heterocycles. The Hall–Kier alpha value is -1.69. The number of carbonyl (C=O) groups is 1. The van der Waals surface area contributed by atoms with Gasteiger partial charge in [-0.3, -0.25) is 9.59 Å². The van der Waals surface area contributed by atoms with Crippen molar-refractivity contribution in [3.05, 3.63) is 26.6 Å². The number of hydrogen-bond donors (Lipinski definition) is 1. The first kappa shape index (κ1) is 19.3. The van der Waals surface area contributed by atoms with Crippen molar-refractivity contribution in [1.29, 1.82) is 0 Å². The van der Waals surface area contributed by atoms with Gasteiger partial charge in [0.05, 0.1) is 5.39 Å². The molecule has 3 heterocycles. The lowest BCUT2D eigenvalue weighted by Crippen LogP contribution is -2.49. The van der Waals surface area contributed by atoms with Crippen molar-refractivity contribution in [2.75, 3.05) is 6.54 Å². The number of H-pyrrole nitrogens is 1. The van der Waals surface area contributed by atoms with Gasteiger partial charge in [-0.1, -0.05) is 19.8 Å². The van der Waals surface area contributed by atoms with E-state index in [1.165, 1.54) is 36.1 Å². The number of hydrogen-bond acceptors (Lipinski definition) is 4. The minimum atomic E-state index is -0.0187. The van der Waals surface area contributed by atoms with Gasteiger partial charge < -0.3 is 9.88 Å². The number of amides is 1. The average molecular weight is 414 g/mol. The number of rotatable bonds is 3. The summed E-state index contributed by atoms with van der Waals surface area (Å²) in [4.78, 5) is 37.8. The molecule has 3 atom stereocenters. The number of aromatic nitrogens is 2. The molecular formula is C23H31N3O2S. The predicted octanol–water partition coefficient (Wildman–Crippen LogP) is 4.22. The van der Waals surface area contributed by atoms with Gasteiger partial charge in [0.1, 0.15) is 10.7 Å². The third kappa shape index (κ3) is 3.65. The molecule has 2 fully saturated rings. The van der Waals surface area contributed by atoms with Crippen LogP contribution in [0.25, 0.3) is 10.2 Å². The highest BCUT2D eigenvalue weighted by Crippen LogP contribution is 2.37. The smallest absolute Gasteiger partial charge is 0.259 e. The zero-order valence-corrected chi connectivity index (χ0v) is 18.2. The van der Waals surface area contributed by atoms with E-state index < -0.39 is 0 Å². The molecule has 6 heteroatoms. The molecule has 1 saturated carbocycles. The topological polar surface area (TPSA) is 66.1 Å². The van der Waals surface area contributed by atoms with Crippen LogP contribution in [0.1, 0.15) is 74.6 Å². The molecule has 0 aromatic carbocycles. The molecule has 156 valence electrons. The quantitative estimate of drug-likeness (QED) is 0.819. The van der Waals surface area contributed by atoms with Gasteiger partial charge in [-0.05, 0) is 62.3 Å². The Balaban J connectivity index is 1.32. The van der Waals surface area contributed by atoms with Crippen LogP contribution < -0.4 is 5.56 Å². The van der Waals surface area contributed by atoms with Crippen molar-refractivity contribution in [3.63, 3.8) is 0 Å². The minimum Gasteiger partial charge on any atom is -0.339 e. The average Bonchev–Trinajstić information content (AvgIpc) is 3.09. The number of aromatic amines is 1. The van der Waals surface area contributed by atoms with Gasteiger partial charge in [0.15, 0.2) is 0 Å². The SMILES string of the molecule is C[C@@H]1CCc2c(sc3nc(CCC(=O)N4CCC[C@H]5CCCC[C@@H]54)[nH]c(=O)c23)C1. The minimum absolute atomic E-state index is 0.0187. The second kappa shape index (κ2) is 7.86. The maximum atomic E-state index is 13.0. The van der Waals surface area contributed by atoms with Crippen molar-refractivity contribution < 1.29 is 4.79 Å². The Bertz CT molecular complexity index is 976.